The van der Waals surface area contributed by atoms with E-state index in [2.05, 4.69) is 13.8 Å². The second-order valence-corrected chi connectivity index (χ2v) is 4.47. The van der Waals surface area contributed by atoms with Gasteiger partial charge in [0.2, 0.25) is 0 Å². The lowest BCUT2D eigenvalue weighted by atomic mass is 9.71. The van der Waals surface area contributed by atoms with Crippen LogP contribution in [0.15, 0.2) is 0 Å². The van der Waals surface area contributed by atoms with Gasteiger partial charge in [-0.2, -0.15) is 0 Å². The molecule has 0 spiro atoms. The van der Waals surface area contributed by atoms with Gasteiger partial charge in [-0.25, -0.2) is 0 Å². The molecule has 0 amide bonds. The molecule has 0 atom stereocenters. The summed E-state index contributed by atoms with van der Waals surface area (Å²) in [6.45, 7) is 5.63. The van der Waals surface area contributed by atoms with Crippen LogP contribution in [0, 0.1) is 11.8 Å². The third kappa shape index (κ3) is 1.10. The van der Waals surface area contributed by atoms with E-state index in [1.165, 1.54) is 25.7 Å². The molecule has 1 saturated carbocycles. The molecule has 0 radical (unpaired) electrons. The highest BCUT2D eigenvalue weighted by atomic mass is 16.5. The Morgan fingerprint density at radius 3 is 2.18 bits per heavy atom. The smallest absolute Gasteiger partial charge is 0.0705 e. The van der Waals surface area contributed by atoms with E-state index in [4.69, 9.17) is 4.74 Å². The van der Waals surface area contributed by atoms with E-state index < -0.39 is 0 Å². The highest BCUT2D eigenvalue weighted by Crippen LogP contribution is 2.44. The number of fused-ring (bicyclic) bond motifs is 3. The maximum Gasteiger partial charge on any atom is 0.0705 e. The van der Waals surface area contributed by atoms with Gasteiger partial charge in [0.15, 0.2) is 0 Å². The molecule has 0 unspecified atom stereocenters. The van der Waals surface area contributed by atoms with Crippen LogP contribution in [0.25, 0.3) is 0 Å². The summed E-state index contributed by atoms with van der Waals surface area (Å²) >= 11 is 0. The quantitative estimate of drug-likeness (QED) is 0.564. The first-order valence-electron chi connectivity index (χ1n) is 4.87. The molecule has 1 aliphatic carbocycles. The van der Waals surface area contributed by atoms with Crippen molar-refractivity contribution in [1.82, 2.24) is 0 Å². The van der Waals surface area contributed by atoms with Crippen molar-refractivity contribution in [3.05, 3.63) is 0 Å². The number of hydrogen-bond acceptors (Lipinski definition) is 1. The molecule has 1 heteroatoms. The van der Waals surface area contributed by atoms with Crippen LogP contribution in [-0.2, 0) is 4.74 Å². The predicted octanol–water partition coefficient (Wildman–Crippen LogP) is 2.60. The van der Waals surface area contributed by atoms with Crippen LogP contribution in [0.2, 0.25) is 0 Å². The Morgan fingerprint density at radius 2 is 1.91 bits per heavy atom. The van der Waals surface area contributed by atoms with E-state index in [9.17, 15) is 0 Å². The predicted molar refractivity (Wildman–Crippen MR) is 45.5 cm³/mol. The summed E-state index contributed by atoms with van der Waals surface area (Å²) in [5.41, 5.74) is 0.286. The lowest BCUT2D eigenvalue weighted by Crippen LogP contribution is -2.48. The van der Waals surface area contributed by atoms with Crippen LogP contribution in [0.5, 0.6) is 0 Å². The van der Waals surface area contributed by atoms with Crippen molar-refractivity contribution in [3.8, 4) is 0 Å². The number of hydrogen-bond donors (Lipinski definition) is 0. The fraction of sp³-hybridized carbons (Fsp3) is 1.00. The van der Waals surface area contributed by atoms with E-state index >= 15 is 0 Å². The summed E-state index contributed by atoms with van der Waals surface area (Å²) in [5, 5.41) is 0. The van der Waals surface area contributed by atoms with Gasteiger partial charge in [-0.15, -0.1) is 0 Å². The fourth-order valence-corrected chi connectivity index (χ4v) is 2.51. The number of rotatable bonds is 1. The second-order valence-electron chi connectivity index (χ2n) is 4.47. The van der Waals surface area contributed by atoms with Gasteiger partial charge in [0.05, 0.1) is 12.2 Å². The van der Waals surface area contributed by atoms with Crippen molar-refractivity contribution in [1.29, 1.82) is 0 Å². The standard InChI is InChI=1S/C10H18O/c1-8(2)10-5-3-9(4-6-10)7-11-10/h8-9H,3-7H2,1-2H3. The lowest BCUT2D eigenvalue weighted by molar-refractivity contribution is -0.167. The van der Waals surface area contributed by atoms with E-state index in [0.29, 0.717) is 5.92 Å². The molecule has 2 heterocycles. The lowest BCUT2D eigenvalue weighted by Gasteiger charge is -2.49. The van der Waals surface area contributed by atoms with E-state index in [0.717, 1.165) is 12.5 Å². The number of ether oxygens (including phenoxy) is 1. The SMILES string of the molecule is CC(C)C12CCC(CC1)CO2. The highest BCUT2D eigenvalue weighted by Gasteiger charge is 2.43. The third-order valence-corrected chi connectivity index (χ3v) is 3.61. The Labute approximate surface area is 69.1 Å². The average Bonchev–Trinajstić information content (AvgIpc) is 2.08. The minimum absolute atomic E-state index is 0.286. The van der Waals surface area contributed by atoms with Gasteiger partial charge in [0.1, 0.15) is 0 Å². The maximum atomic E-state index is 5.93. The minimum atomic E-state index is 0.286. The van der Waals surface area contributed by atoms with Gasteiger partial charge in [-0.3, -0.25) is 0 Å². The first kappa shape index (κ1) is 7.60. The zero-order chi connectivity index (χ0) is 7.90. The summed E-state index contributed by atoms with van der Waals surface area (Å²) in [5.74, 6) is 1.61. The second kappa shape index (κ2) is 2.48. The van der Waals surface area contributed by atoms with E-state index in [1.807, 2.05) is 0 Å². The molecule has 64 valence electrons. The van der Waals surface area contributed by atoms with Crippen LogP contribution in [-0.4, -0.2) is 12.2 Å². The Hall–Kier alpha value is -0.0400. The molecular weight excluding hydrogens is 136 g/mol. The van der Waals surface area contributed by atoms with Crippen molar-refractivity contribution in [2.75, 3.05) is 6.61 Å². The fourth-order valence-electron chi connectivity index (χ4n) is 2.51. The highest BCUT2D eigenvalue weighted by molar-refractivity contribution is 4.93. The Balaban J connectivity index is 2.12. The summed E-state index contributed by atoms with van der Waals surface area (Å²) in [4.78, 5) is 0. The van der Waals surface area contributed by atoms with E-state index in [1.54, 1.807) is 0 Å². The molecule has 0 aromatic carbocycles. The van der Waals surface area contributed by atoms with Gasteiger partial charge >= 0.3 is 0 Å². The first-order valence-corrected chi connectivity index (χ1v) is 4.87. The zero-order valence-electron chi connectivity index (χ0n) is 7.60. The van der Waals surface area contributed by atoms with Crippen LogP contribution in [0.1, 0.15) is 39.5 Å². The van der Waals surface area contributed by atoms with Gasteiger partial charge in [0.25, 0.3) is 0 Å². The zero-order valence-corrected chi connectivity index (χ0v) is 7.60. The minimum Gasteiger partial charge on any atom is -0.374 e. The largest absolute Gasteiger partial charge is 0.374 e. The van der Waals surface area contributed by atoms with Crippen molar-refractivity contribution in [2.45, 2.75) is 45.1 Å². The molecule has 2 bridgehead atoms. The van der Waals surface area contributed by atoms with Crippen LogP contribution in [0.4, 0.5) is 0 Å². The van der Waals surface area contributed by atoms with Gasteiger partial charge in [-0.05, 0) is 37.5 Å². The summed E-state index contributed by atoms with van der Waals surface area (Å²) in [6, 6.07) is 0. The molecule has 1 nitrogen and oxygen atoms in total. The molecule has 3 aliphatic rings. The summed E-state index contributed by atoms with van der Waals surface area (Å²) in [6.07, 6.45) is 5.46. The van der Waals surface area contributed by atoms with Crippen molar-refractivity contribution in [2.24, 2.45) is 11.8 Å². The molecule has 0 N–H and O–H groups in total. The van der Waals surface area contributed by atoms with Crippen molar-refractivity contribution >= 4 is 0 Å². The monoisotopic (exact) mass is 154 g/mol. The molecule has 11 heavy (non-hydrogen) atoms. The topological polar surface area (TPSA) is 9.23 Å². The molecular formula is C10H18O. The van der Waals surface area contributed by atoms with Crippen LogP contribution < -0.4 is 0 Å². The molecule has 0 aromatic rings. The van der Waals surface area contributed by atoms with Crippen LogP contribution >= 0.6 is 0 Å². The average molecular weight is 154 g/mol. The molecule has 0 aromatic heterocycles. The molecule has 3 fully saturated rings. The van der Waals surface area contributed by atoms with Crippen molar-refractivity contribution < 1.29 is 4.74 Å². The van der Waals surface area contributed by atoms with Gasteiger partial charge in [0, 0.05) is 0 Å². The molecule has 2 aliphatic heterocycles. The summed E-state index contributed by atoms with van der Waals surface area (Å²) in [7, 11) is 0. The molecule has 2 saturated heterocycles. The van der Waals surface area contributed by atoms with E-state index in [-0.39, 0.29) is 5.60 Å². The molecule has 3 rings (SSSR count). The maximum absolute atomic E-state index is 5.93. The van der Waals surface area contributed by atoms with Crippen molar-refractivity contribution in [3.63, 3.8) is 0 Å². The third-order valence-electron chi connectivity index (χ3n) is 3.61. The Morgan fingerprint density at radius 1 is 1.27 bits per heavy atom. The van der Waals surface area contributed by atoms with Gasteiger partial charge in [-0.1, -0.05) is 13.8 Å². The Kier molecular flexibility index (Phi) is 1.71. The first-order chi connectivity index (χ1) is 5.23. The van der Waals surface area contributed by atoms with Crippen LogP contribution in [0.3, 0.4) is 0 Å². The normalized spacial score (nSPS) is 43.4. The summed E-state index contributed by atoms with van der Waals surface area (Å²) < 4.78 is 5.93. The Bertz CT molecular complexity index is 129. The van der Waals surface area contributed by atoms with Gasteiger partial charge < -0.3 is 4.74 Å².